The topological polar surface area (TPSA) is 71.4 Å². The number of allylic oxidation sites excluding steroid dienone is 1. The molecular formula is C21H21N3O2S. The zero-order valence-electron chi connectivity index (χ0n) is 15.4. The molecule has 138 valence electrons. The fourth-order valence-corrected chi connectivity index (χ4v) is 5.10. The summed E-state index contributed by atoms with van der Waals surface area (Å²) in [5.41, 5.74) is 3.31. The van der Waals surface area contributed by atoms with E-state index in [1.165, 1.54) is 0 Å². The SMILES string of the molecule is CC1=C(C(=O)Nc2ccccn2)[C@@H](c2sccc2C)C2C(=O)CCCC2=N1. The van der Waals surface area contributed by atoms with E-state index < -0.39 is 0 Å². The predicted molar refractivity (Wildman–Crippen MR) is 107 cm³/mol. The lowest BCUT2D eigenvalue weighted by Gasteiger charge is -2.35. The lowest BCUT2D eigenvalue weighted by atomic mass is 9.71. The van der Waals surface area contributed by atoms with Crippen molar-refractivity contribution in [1.29, 1.82) is 0 Å². The van der Waals surface area contributed by atoms with Gasteiger partial charge in [0.1, 0.15) is 11.6 Å². The van der Waals surface area contributed by atoms with Gasteiger partial charge in [-0.25, -0.2) is 4.98 Å². The summed E-state index contributed by atoms with van der Waals surface area (Å²) in [7, 11) is 0. The van der Waals surface area contributed by atoms with Crippen molar-refractivity contribution in [3.05, 3.63) is 57.6 Å². The van der Waals surface area contributed by atoms with E-state index in [2.05, 4.69) is 15.3 Å². The van der Waals surface area contributed by atoms with Crippen molar-refractivity contribution in [2.45, 2.75) is 39.0 Å². The van der Waals surface area contributed by atoms with E-state index in [9.17, 15) is 9.59 Å². The van der Waals surface area contributed by atoms with Gasteiger partial charge in [-0.3, -0.25) is 14.6 Å². The minimum atomic E-state index is -0.329. The lowest BCUT2D eigenvalue weighted by molar-refractivity contribution is -0.122. The minimum absolute atomic E-state index is 0.188. The van der Waals surface area contributed by atoms with Crippen LogP contribution in [0.5, 0.6) is 0 Å². The minimum Gasteiger partial charge on any atom is -0.307 e. The third kappa shape index (κ3) is 3.25. The molecule has 1 fully saturated rings. The number of hydrogen-bond donors (Lipinski definition) is 1. The molecule has 27 heavy (non-hydrogen) atoms. The molecule has 1 N–H and O–H groups in total. The molecule has 4 rings (SSSR count). The van der Waals surface area contributed by atoms with Crippen LogP contribution in [0.2, 0.25) is 0 Å². The molecule has 3 heterocycles. The summed E-state index contributed by atoms with van der Waals surface area (Å²) >= 11 is 1.61. The zero-order chi connectivity index (χ0) is 19.0. The van der Waals surface area contributed by atoms with Gasteiger partial charge in [-0.2, -0.15) is 0 Å². The number of aromatic nitrogens is 1. The quantitative estimate of drug-likeness (QED) is 0.865. The molecule has 2 aromatic rings. The highest BCUT2D eigenvalue weighted by molar-refractivity contribution is 7.10. The number of aliphatic imine (C=N–C) groups is 1. The summed E-state index contributed by atoms with van der Waals surface area (Å²) in [5, 5.41) is 4.90. The first-order chi connectivity index (χ1) is 13.1. The number of aryl methyl sites for hydroxylation is 1. The van der Waals surface area contributed by atoms with Gasteiger partial charge < -0.3 is 5.32 Å². The Morgan fingerprint density at radius 2 is 2.04 bits per heavy atom. The standard InChI is InChI=1S/C21H21N3O2S/c1-12-9-11-27-20(12)19-17(21(26)24-16-8-3-4-10-22-16)13(2)23-14-6-5-7-15(25)18(14)19/h3-4,8-11,18-19H,5-7H2,1-2H3,(H,22,24,26)/t18?,19-/m1/s1. The van der Waals surface area contributed by atoms with Crippen molar-refractivity contribution >= 4 is 34.6 Å². The molecule has 1 unspecified atom stereocenters. The Bertz CT molecular complexity index is 959. The van der Waals surface area contributed by atoms with Crippen LogP contribution in [0.25, 0.3) is 0 Å². The second-order valence-electron chi connectivity index (χ2n) is 7.01. The Morgan fingerprint density at radius 3 is 2.74 bits per heavy atom. The Hall–Kier alpha value is -2.60. The third-order valence-corrected chi connectivity index (χ3v) is 6.34. The number of anilines is 1. The highest BCUT2D eigenvalue weighted by Gasteiger charge is 2.44. The number of hydrogen-bond acceptors (Lipinski definition) is 5. The van der Waals surface area contributed by atoms with Gasteiger partial charge in [0.2, 0.25) is 0 Å². The van der Waals surface area contributed by atoms with Gasteiger partial charge in [-0.05, 0) is 55.8 Å². The summed E-state index contributed by atoms with van der Waals surface area (Å²) in [6, 6.07) is 7.42. The number of rotatable bonds is 3. The van der Waals surface area contributed by atoms with Crippen molar-refractivity contribution < 1.29 is 9.59 Å². The molecule has 1 aliphatic carbocycles. The van der Waals surface area contributed by atoms with Crippen molar-refractivity contribution in [2.75, 3.05) is 5.32 Å². The van der Waals surface area contributed by atoms with Crippen LogP contribution < -0.4 is 5.32 Å². The van der Waals surface area contributed by atoms with Gasteiger partial charge in [0.25, 0.3) is 5.91 Å². The zero-order valence-corrected chi connectivity index (χ0v) is 16.2. The lowest BCUT2D eigenvalue weighted by Crippen LogP contribution is -2.39. The molecule has 5 nitrogen and oxygen atoms in total. The van der Waals surface area contributed by atoms with Crippen LogP contribution in [-0.2, 0) is 9.59 Å². The first kappa shape index (κ1) is 17.8. The molecule has 6 heteroatoms. The van der Waals surface area contributed by atoms with Crippen LogP contribution in [0.4, 0.5) is 5.82 Å². The Balaban J connectivity index is 1.80. The number of carbonyl (C=O) groups excluding carboxylic acids is 2. The highest BCUT2D eigenvalue weighted by atomic mass is 32.1. The van der Waals surface area contributed by atoms with Gasteiger partial charge in [0, 0.05) is 40.4 Å². The van der Waals surface area contributed by atoms with Gasteiger partial charge in [-0.15, -0.1) is 11.3 Å². The number of Topliss-reactive ketones (excluding diaryl/α,β-unsaturated/α-hetero) is 1. The summed E-state index contributed by atoms with van der Waals surface area (Å²) in [5.74, 6) is -0.147. The number of fused-ring (bicyclic) bond motifs is 1. The van der Waals surface area contributed by atoms with Crippen LogP contribution >= 0.6 is 11.3 Å². The average Bonchev–Trinajstić information content (AvgIpc) is 3.07. The predicted octanol–water partition coefficient (Wildman–Crippen LogP) is 4.27. The molecule has 0 spiro atoms. The number of nitrogens with zero attached hydrogens (tertiary/aromatic N) is 2. The molecule has 0 aromatic carbocycles. The van der Waals surface area contributed by atoms with E-state index in [4.69, 9.17) is 0 Å². The number of carbonyl (C=O) groups is 2. The molecule has 0 radical (unpaired) electrons. The molecule has 0 saturated heterocycles. The maximum absolute atomic E-state index is 13.2. The number of thiophene rings is 1. The molecule has 1 aliphatic heterocycles. The van der Waals surface area contributed by atoms with E-state index in [1.54, 1.807) is 29.7 Å². The summed E-state index contributed by atoms with van der Waals surface area (Å²) < 4.78 is 0. The molecule has 2 aliphatic rings. The Labute approximate surface area is 162 Å². The normalized spacial score (nSPS) is 22.3. The molecule has 0 bridgehead atoms. The largest absolute Gasteiger partial charge is 0.307 e. The first-order valence-corrected chi connectivity index (χ1v) is 10.0. The van der Waals surface area contributed by atoms with Crippen molar-refractivity contribution in [3.63, 3.8) is 0 Å². The van der Waals surface area contributed by atoms with Gasteiger partial charge in [0.05, 0.1) is 5.92 Å². The highest BCUT2D eigenvalue weighted by Crippen LogP contribution is 2.45. The van der Waals surface area contributed by atoms with Crippen LogP contribution in [0, 0.1) is 12.8 Å². The van der Waals surface area contributed by atoms with E-state index in [0.717, 1.165) is 29.0 Å². The second kappa shape index (κ2) is 7.19. The van der Waals surface area contributed by atoms with Gasteiger partial charge in [-0.1, -0.05) is 6.07 Å². The van der Waals surface area contributed by atoms with Crippen LogP contribution in [0.1, 0.15) is 42.5 Å². The number of ketones is 1. The van der Waals surface area contributed by atoms with Crippen LogP contribution in [-0.4, -0.2) is 22.4 Å². The average molecular weight is 379 g/mol. The maximum atomic E-state index is 13.2. The van der Waals surface area contributed by atoms with Crippen molar-refractivity contribution in [3.8, 4) is 0 Å². The third-order valence-electron chi connectivity index (χ3n) is 5.24. The molecule has 2 atom stereocenters. The fraction of sp³-hybridized carbons (Fsp3) is 0.333. The molecular weight excluding hydrogens is 358 g/mol. The molecule has 1 saturated carbocycles. The van der Waals surface area contributed by atoms with Crippen LogP contribution in [0.3, 0.4) is 0 Å². The van der Waals surface area contributed by atoms with E-state index in [0.29, 0.717) is 23.5 Å². The summed E-state index contributed by atoms with van der Waals surface area (Å²) in [4.78, 5) is 36.0. The molecule has 2 aromatic heterocycles. The fourth-order valence-electron chi connectivity index (χ4n) is 4.02. The van der Waals surface area contributed by atoms with E-state index in [-0.39, 0.29) is 23.5 Å². The molecule has 1 amide bonds. The first-order valence-electron chi connectivity index (χ1n) is 9.13. The van der Waals surface area contributed by atoms with E-state index >= 15 is 0 Å². The van der Waals surface area contributed by atoms with Crippen LogP contribution in [0.15, 0.2) is 52.1 Å². The van der Waals surface area contributed by atoms with Crippen molar-refractivity contribution in [1.82, 2.24) is 4.98 Å². The van der Waals surface area contributed by atoms with Gasteiger partial charge >= 0.3 is 0 Å². The maximum Gasteiger partial charge on any atom is 0.255 e. The number of pyridine rings is 1. The Kier molecular flexibility index (Phi) is 4.74. The summed E-state index contributed by atoms with van der Waals surface area (Å²) in [6.07, 6.45) is 3.86. The smallest absolute Gasteiger partial charge is 0.255 e. The summed E-state index contributed by atoms with van der Waals surface area (Å²) in [6.45, 7) is 3.90. The van der Waals surface area contributed by atoms with Gasteiger partial charge in [0.15, 0.2) is 0 Å². The number of amides is 1. The Morgan fingerprint density at radius 1 is 1.19 bits per heavy atom. The monoisotopic (exact) mass is 379 g/mol. The second-order valence-corrected chi connectivity index (χ2v) is 7.96. The number of nitrogens with one attached hydrogen (secondary N) is 1. The van der Waals surface area contributed by atoms with E-state index in [1.807, 2.05) is 31.4 Å². The van der Waals surface area contributed by atoms with Crippen molar-refractivity contribution in [2.24, 2.45) is 10.9 Å².